The number of rotatable bonds is 10. The molecule has 9 nitrogen and oxygen atoms in total. The van der Waals surface area contributed by atoms with Crippen molar-refractivity contribution >= 4 is 74.6 Å². The summed E-state index contributed by atoms with van der Waals surface area (Å²) in [5.74, 6) is 0.224. The lowest BCUT2D eigenvalue weighted by Crippen LogP contribution is -2.42. The molecule has 4 amide bonds. The number of hydrogen-bond acceptors (Lipinski definition) is 7. The second-order valence-corrected chi connectivity index (χ2v) is 17.6. The Labute approximate surface area is 413 Å². The number of alkyl halides is 1. The Kier molecular flexibility index (Phi) is 19.9. The summed E-state index contributed by atoms with van der Waals surface area (Å²) < 4.78 is 5.35. The molecule has 0 atom stereocenters. The van der Waals surface area contributed by atoms with E-state index in [1.807, 2.05) is 129 Å². The molecule has 0 radical (unpaired) electrons. The quantitative estimate of drug-likeness (QED) is 0.0828. The lowest BCUT2D eigenvalue weighted by atomic mass is 9.80. The fourth-order valence-corrected chi connectivity index (χ4v) is 9.46. The van der Waals surface area contributed by atoms with Gasteiger partial charge in [-0.05, 0) is 97.4 Å². The van der Waals surface area contributed by atoms with Gasteiger partial charge in [0.2, 0.25) is 0 Å². The third-order valence-electron chi connectivity index (χ3n) is 12.8. The van der Waals surface area contributed by atoms with Gasteiger partial charge >= 0.3 is 0 Å². The van der Waals surface area contributed by atoms with Crippen molar-refractivity contribution in [3.63, 3.8) is 0 Å². The minimum Gasteiger partial charge on any atom is -0.395 e. The molecule has 10 rings (SSSR count). The minimum atomic E-state index is -0.317. The van der Waals surface area contributed by atoms with E-state index in [-0.39, 0.29) is 36.8 Å². The smallest absolute Gasteiger partial charge is 0.261 e. The lowest BCUT2D eigenvalue weighted by molar-refractivity contribution is 0.0529. The Bertz CT molecular complexity index is 2600. The van der Waals surface area contributed by atoms with Gasteiger partial charge in [0.15, 0.2) is 0 Å². The van der Waals surface area contributed by atoms with Crippen LogP contribution in [0.4, 0.5) is 5.69 Å². The Hall–Kier alpha value is -6.39. The summed E-state index contributed by atoms with van der Waals surface area (Å²) in [5, 5.41) is 12.8. The first kappa shape index (κ1) is 52.0. The summed E-state index contributed by atoms with van der Waals surface area (Å²) in [4.78, 5) is 56.0. The number of benzene rings is 6. The molecule has 0 unspecified atom stereocenters. The Balaban J connectivity index is 0.000000166. The molecule has 6 aromatic carbocycles. The third-order valence-corrected chi connectivity index (χ3v) is 12.8. The van der Waals surface area contributed by atoms with Gasteiger partial charge in [-0.3, -0.25) is 29.0 Å². The van der Waals surface area contributed by atoms with Gasteiger partial charge in [0.05, 0.1) is 26.3 Å². The SMILES string of the molecule is C=Cc1ccccc1.C=Cc1ccccc1.CCCl.CCOCCN1C(=O)c2cccc3c(C4CCCCC4)ccc(c23)C1=O.O=C1c2cccc3c(N4CCCCC4)ccc(c23)C(=O)N1CCO. The zero-order valence-corrected chi connectivity index (χ0v) is 41.0. The van der Waals surface area contributed by atoms with E-state index in [2.05, 4.69) is 30.2 Å². The second-order valence-electron chi connectivity index (χ2n) is 17.1. The molecule has 3 heterocycles. The highest BCUT2D eigenvalue weighted by Gasteiger charge is 2.35. The molecule has 10 heteroatoms. The summed E-state index contributed by atoms with van der Waals surface area (Å²) in [5.41, 5.74) is 7.14. The minimum absolute atomic E-state index is 0.0291. The van der Waals surface area contributed by atoms with Gasteiger partial charge in [-0.1, -0.05) is 142 Å². The van der Waals surface area contributed by atoms with Gasteiger partial charge < -0.3 is 14.7 Å². The van der Waals surface area contributed by atoms with Crippen LogP contribution in [0.5, 0.6) is 0 Å². The monoisotopic (exact) mass is 947 g/mol. The van der Waals surface area contributed by atoms with Crippen molar-refractivity contribution in [2.45, 2.75) is 71.1 Å². The molecule has 4 aliphatic rings. The van der Waals surface area contributed by atoms with Crippen LogP contribution < -0.4 is 4.90 Å². The van der Waals surface area contributed by atoms with E-state index >= 15 is 0 Å². The number of piperidine rings is 1. The van der Waals surface area contributed by atoms with E-state index in [1.54, 1.807) is 6.07 Å². The zero-order valence-electron chi connectivity index (χ0n) is 40.2. The van der Waals surface area contributed by atoms with E-state index < -0.39 is 0 Å². The van der Waals surface area contributed by atoms with Gasteiger partial charge in [-0.2, -0.15) is 0 Å². The number of amides is 4. The first-order chi connectivity index (χ1) is 33.7. The van der Waals surface area contributed by atoms with Crippen molar-refractivity contribution < 1.29 is 29.0 Å². The summed E-state index contributed by atoms with van der Waals surface area (Å²) in [7, 11) is 0. The molecule has 2 fully saturated rings. The van der Waals surface area contributed by atoms with Gasteiger partial charge in [0.25, 0.3) is 23.6 Å². The van der Waals surface area contributed by atoms with Crippen molar-refractivity contribution in [3.05, 3.63) is 173 Å². The molecular formula is C59H66ClN3O6. The van der Waals surface area contributed by atoms with Crippen LogP contribution in [0, 0.1) is 0 Å². The highest BCUT2D eigenvalue weighted by Crippen LogP contribution is 2.40. The predicted molar refractivity (Wildman–Crippen MR) is 284 cm³/mol. The number of aliphatic hydroxyl groups excluding tert-OH is 1. The average molecular weight is 949 g/mol. The standard InChI is InChI=1S/C22H25NO3.C19H20N2O3.2C8H8.C2H5Cl/c1-2-26-14-13-23-21(24)18-10-6-9-17-16(15-7-4-3-5-8-15)11-12-19(20(17)18)22(23)25;22-12-11-21-18(23)14-6-4-5-13-16(20-9-2-1-3-10-20)8-7-15(17(13)14)19(21)24;2*1-2-8-6-4-3-5-7-8;1-2-3/h6,9-12,15H,2-5,7-8,13-14H2,1H3;4-8,22H,1-3,9-12H2;2*2-7H,1H2;2H2,1H3. The van der Waals surface area contributed by atoms with E-state index in [0.29, 0.717) is 47.9 Å². The average Bonchev–Trinajstić information content (AvgIpc) is 3.41. The van der Waals surface area contributed by atoms with Crippen LogP contribution >= 0.6 is 11.6 Å². The van der Waals surface area contributed by atoms with Crippen LogP contribution in [0.15, 0.2) is 134 Å². The number of aliphatic hydroxyl groups is 1. The topological polar surface area (TPSA) is 107 Å². The fraction of sp³-hybridized carbons (Fsp3) is 0.322. The highest BCUT2D eigenvalue weighted by molar-refractivity contribution is 6.27. The number of halogens is 1. The molecule has 6 aromatic rings. The fourth-order valence-electron chi connectivity index (χ4n) is 9.46. The van der Waals surface area contributed by atoms with E-state index in [9.17, 15) is 19.2 Å². The number of β-amino-alcohol motifs (C(OH)–C–C–N with tert-alkyl or cyclic N) is 1. The van der Waals surface area contributed by atoms with E-state index in [1.165, 1.54) is 73.0 Å². The van der Waals surface area contributed by atoms with E-state index in [4.69, 9.17) is 21.4 Å². The Morgan fingerprint density at radius 2 is 1.04 bits per heavy atom. The number of imide groups is 2. The van der Waals surface area contributed by atoms with Crippen molar-refractivity contribution in [1.82, 2.24) is 9.80 Å². The van der Waals surface area contributed by atoms with Crippen molar-refractivity contribution in [2.75, 3.05) is 56.8 Å². The highest BCUT2D eigenvalue weighted by atomic mass is 35.5. The molecule has 1 aliphatic carbocycles. The maximum absolute atomic E-state index is 12.9. The largest absolute Gasteiger partial charge is 0.395 e. The number of nitrogens with zero attached hydrogens (tertiary/aromatic N) is 3. The summed E-state index contributed by atoms with van der Waals surface area (Å²) >= 11 is 5.00. The van der Waals surface area contributed by atoms with Gasteiger partial charge in [0, 0.05) is 69.7 Å². The molecular weight excluding hydrogens is 882 g/mol. The number of anilines is 1. The number of carbonyl (C=O) groups is 4. The van der Waals surface area contributed by atoms with Crippen molar-refractivity contribution in [3.8, 4) is 0 Å². The normalized spacial score (nSPS) is 15.2. The van der Waals surface area contributed by atoms with Crippen molar-refractivity contribution in [2.24, 2.45) is 0 Å². The first-order valence-electron chi connectivity index (χ1n) is 24.4. The predicted octanol–water partition coefficient (Wildman–Crippen LogP) is 12.8. The van der Waals surface area contributed by atoms with Crippen LogP contribution in [0.3, 0.4) is 0 Å². The summed E-state index contributed by atoms with van der Waals surface area (Å²) in [6, 6.07) is 39.4. The number of carbonyl (C=O) groups excluding carboxylic acids is 4. The van der Waals surface area contributed by atoms with Crippen LogP contribution in [0.25, 0.3) is 33.7 Å². The van der Waals surface area contributed by atoms with Crippen LogP contribution in [0.2, 0.25) is 0 Å². The molecule has 1 saturated carbocycles. The molecule has 69 heavy (non-hydrogen) atoms. The molecule has 0 aromatic heterocycles. The number of ether oxygens (including phenoxy) is 1. The van der Waals surface area contributed by atoms with Gasteiger partial charge in [-0.15, -0.1) is 11.6 Å². The second kappa shape index (κ2) is 26.4. The van der Waals surface area contributed by atoms with Crippen LogP contribution in [0.1, 0.15) is 129 Å². The van der Waals surface area contributed by atoms with Gasteiger partial charge in [0.1, 0.15) is 0 Å². The van der Waals surface area contributed by atoms with Crippen molar-refractivity contribution in [1.29, 1.82) is 0 Å². The molecule has 3 aliphatic heterocycles. The molecule has 360 valence electrons. The number of hydrogen-bond donors (Lipinski definition) is 1. The Morgan fingerprint density at radius 3 is 1.54 bits per heavy atom. The molecule has 0 bridgehead atoms. The zero-order chi connectivity index (χ0) is 49.1. The Morgan fingerprint density at radius 1 is 0.580 bits per heavy atom. The summed E-state index contributed by atoms with van der Waals surface area (Å²) in [6.45, 7) is 14.1. The maximum atomic E-state index is 12.9. The van der Waals surface area contributed by atoms with Crippen LogP contribution in [-0.4, -0.2) is 90.4 Å². The summed E-state index contributed by atoms with van der Waals surface area (Å²) in [6.07, 6.45) is 13.5. The molecule has 1 N–H and O–H groups in total. The van der Waals surface area contributed by atoms with E-state index in [0.717, 1.165) is 51.1 Å². The molecule has 1 saturated heterocycles. The molecule has 0 spiro atoms. The lowest BCUT2D eigenvalue weighted by Gasteiger charge is -2.32. The third kappa shape index (κ3) is 12.6. The first-order valence-corrected chi connectivity index (χ1v) is 24.9. The van der Waals surface area contributed by atoms with Crippen LogP contribution in [-0.2, 0) is 4.74 Å². The maximum Gasteiger partial charge on any atom is 0.261 e. The van der Waals surface area contributed by atoms with Gasteiger partial charge in [-0.25, -0.2) is 0 Å².